The third kappa shape index (κ3) is 2.63. The number of carbonyl (C=O) groups is 6. The smallest absolute Gasteiger partial charge is 0.404 e. The number of amides is 2. The number of fused-ring (bicyclic) bond motifs is 3. The van der Waals surface area contributed by atoms with Gasteiger partial charge in [-0.2, -0.15) is 0 Å². The summed E-state index contributed by atoms with van der Waals surface area (Å²) in [4.78, 5) is 75.8. The van der Waals surface area contributed by atoms with E-state index in [0.717, 1.165) is 0 Å². The van der Waals surface area contributed by atoms with Crippen LogP contribution in [0, 0.1) is 23.7 Å². The van der Waals surface area contributed by atoms with Crippen LogP contribution in [0.25, 0.3) is 0 Å². The number of Topliss-reactive ketones (excluding diaryl/α,β-unsaturated/α-hetero) is 4. The minimum Gasteiger partial charge on any atom is -0.507 e. The average molecular weight is 444 g/mol. The highest BCUT2D eigenvalue weighted by molar-refractivity contribution is 6.31. The number of hydrogen-bond acceptors (Lipinski definition) is 9. The first kappa shape index (κ1) is 21.6. The summed E-state index contributed by atoms with van der Waals surface area (Å²) in [6.07, 6.45) is -3.45. The van der Waals surface area contributed by atoms with Crippen LogP contribution in [-0.4, -0.2) is 57.1 Å². The minimum atomic E-state index is -2.98. The summed E-state index contributed by atoms with van der Waals surface area (Å²) in [6.45, 7) is 1.62. The first-order chi connectivity index (χ1) is 14.9. The minimum absolute atomic E-state index is 0.153. The van der Waals surface area contributed by atoms with Gasteiger partial charge in [0.1, 0.15) is 11.9 Å². The normalized spacial score (nSPS) is 36.1. The van der Waals surface area contributed by atoms with Gasteiger partial charge < -0.3 is 26.4 Å². The molecule has 4 rings (SSSR count). The average Bonchev–Trinajstić information content (AvgIpc) is 2.70. The Labute approximate surface area is 180 Å². The Kier molecular flexibility index (Phi) is 4.70. The van der Waals surface area contributed by atoms with Gasteiger partial charge in [0.15, 0.2) is 34.7 Å². The zero-order chi connectivity index (χ0) is 23.7. The van der Waals surface area contributed by atoms with Crippen molar-refractivity contribution in [1.29, 1.82) is 0 Å². The molecule has 11 heteroatoms. The van der Waals surface area contributed by atoms with E-state index in [2.05, 4.69) is 0 Å². The van der Waals surface area contributed by atoms with Crippen molar-refractivity contribution in [1.82, 2.24) is 0 Å². The van der Waals surface area contributed by atoms with Crippen molar-refractivity contribution < 1.29 is 43.7 Å². The first-order valence-corrected chi connectivity index (χ1v) is 9.88. The van der Waals surface area contributed by atoms with E-state index in [-0.39, 0.29) is 5.56 Å². The molecule has 7 atom stereocenters. The Morgan fingerprint density at radius 1 is 1.12 bits per heavy atom. The van der Waals surface area contributed by atoms with Crippen LogP contribution >= 0.6 is 0 Å². The highest BCUT2D eigenvalue weighted by Gasteiger charge is 2.71. The summed E-state index contributed by atoms with van der Waals surface area (Å²) >= 11 is 0. The lowest BCUT2D eigenvalue weighted by atomic mass is 9.50. The Bertz CT molecular complexity index is 1110. The quantitative estimate of drug-likeness (QED) is 0.411. The van der Waals surface area contributed by atoms with Crippen molar-refractivity contribution in [2.24, 2.45) is 35.1 Å². The lowest BCUT2D eigenvalue weighted by Crippen LogP contribution is -2.73. The van der Waals surface area contributed by atoms with Gasteiger partial charge in [0.05, 0.1) is 11.5 Å². The van der Waals surface area contributed by atoms with Crippen LogP contribution in [0.15, 0.2) is 18.2 Å². The van der Waals surface area contributed by atoms with Gasteiger partial charge in [0.25, 0.3) is 0 Å². The molecule has 32 heavy (non-hydrogen) atoms. The molecule has 2 saturated carbocycles. The fourth-order valence-corrected chi connectivity index (χ4v) is 5.58. The summed E-state index contributed by atoms with van der Waals surface area (Å²) in [7, 11) is 0. The van der Waals surface area contributed by atoms with E-state index < -0.39 is 88.6 Å². The molecule has 2 fully saturated rings. The van der Waals surface area contributed by atoms with E-state index in [9.17, 15) is 39.0 Å². The molecule has 2 unspecified atom stereocenters. The van der Waals surface area contributed by atoms with E-state index in [0.29, 0.717) is 5.56 Å². The monoisotopic (exact) mass is 444 g/mol. The fourth-order valence-electron chi connectivity index (χ4n) is 5.58. The molecule has 168 valence electrons. The maximum absolute atomic E-state index is 13.5. The van der Waals surface area contributed by atoms with Crippen LogP contribution in [0.5, 0.6) is 5.75 Å². The van der Waals surface area contributed by atoms with E-state index in [4.69, 9.17) is 16.2 Å². The number of ketones is 4. The zero-order valence-electron chi connectivity index (χ0n) is 16.8. The molecule has 2 amide bonds. The van der Waals surface area contributed by atoms with Crippen LogP contribution < -0.4 is 11.5 Å². The number of hydrogen-bond donors (Lipinski definition) is 4. The van der Waals surface area contributed by atoms with Gasteiger partial charge in [-0.25, -0.2) is 4.79 Å². The summed E-state index contributed by atoms with van der Waals surface area (Å²) in [5, 5.41) is 21.6. The summed E-state index contributed by atoms with van der Waals surface area (Å²) < 4.78 is 5.19. The number of ether oxygens (including phenoxy) is 1. The molecule has 1 aromatic rings. The molecule has 0 radical (unpaired) electrons. The molecular formula is C21H20N2O9. The molecule has 6 N–H and O–H groups in total. The Morgan fingerprint density at radius 2 is 1.78 bits per heavy atom. The van der Waals surface area contributed by atoms with Crippen LogP contribution in [0.3, 0.4) is 0 Å². The number of aromatic hydroxyl groups is 1. The van der Waals surface area contributed by atoms with Crippen LogP contribution in [0.1, 0.15) is 35.2 Å². The maximum Gasteiger partial charge on any atom is 0.404 e. The van der Waals surface area contributed by atoms with Crippen LogP contribution in [-0.2, 0) is 23.9 Å². The highest BCUT2D eigenvalue weighted by atomic mass is 16.6. The molecule has 0 saturated heterocycles. The Hall–Kier alpha value is -3.60. The molecule has 11 nitrogen and oxygen atoms in total. The molecule has 3 aliphatic carbocycles. The second-order valence-corrected chi connectivity index (χ2v) is 8.46. The standard InChI is InChI=1S/C21H20N2O9/c1-6-7-3-2-4-9(24)12(7)15(26)14-11(6)16(32-20(23)30)8-5-10(25)13(19(22)29)17(27)21(8,31)18(14)28/h2-4,6,8,11,13-14,16,24,31H,5H2,1H3,(H2,22,29)(H2,23,30)/t6-,8+,11+,13?,14?,16+,21+/m0/s1. The number of phenolic OH excluding ortho intramolecular Hbond substituents is 1. The second-order valence-electron chi connectivity index (χ2n) is 8.46. The number of aliphatic hydroxyl groups is 1. The predicted molar refractivity (Wildman–Crippen MR) is 103 cm³/mol. The zero-order valence-corrected chi connectivity index (χ0v) is 16.8. The molecular weight excluding hydrogens is 424 g/mol. The molecule has 3 aliphatic rings. The molecule has 0 heterocycles. The molecule has 0 spiro atoms. The van der Waals surface area contributed by atoms with Crippen LogP contribution in [0.4, 0.5) is 4.79 Å². The Balaban J connectivity index is 1.95. The van der Waals surface area contributed by atoms with Crippen LogP contribution in [0.2, 0.25) is 0 Å². The van der Waals surface area contributed by atoms with Crippen molar-refractivity contribution >= 4 is 35.1 Å². The lowest BCUT2D eigenvalue weighted by Gasteiger charge is -2.53. The Morgan fingerprint density at radius 3 is 2.38 bits per heavy atom. The molecule has 0 aliphatic heterocycles. The van der Waals surface area contributed by atoms with E-state index >= 15 is 0 Å². The highest BCUT2D eigenvalue weighted by Crippen LogP contribution is 2.54. The largest absolute Gasteiger partial charge is 0.507 e. The van der Waals surface area contributed by atoms with Crippen molar-refractivity contribution in [2.45, 2.75) is 31.0 Å². The van der Waals surface area contributed by atoms with Crippen molar-refractivity contribution in [2.75, 3.05) is 0 Å². The predicted octanol–water partition coefficient (Wildman–Crippen LogP) is -1.04. The number of phenols is 1. The van der Waals surface area contributed by atoms with Gasteiger partial charge in [-0.3, -0.25) is 24.0 Å². The summed E-state index contributed by atoms with van der Waals surface area (Å²) in [5.41, 5.74) is 7.58. The van der Waals surface area contributed by atoms with Gasteiger partial charge in [0, 0.05) is 18.3 Å². The van der Waals surface area contributed by atoms with Crippen molar-refractivity contribution in [3.63, 3.8) is 0 Å². The molecule has 0 aromatic heterocycles. The van der Waals surface area contributed by atoms with Gasteiger partial charge in [-0.15, -0.1) is 0 Å². The second kappa shape index (κ2) is 6.95. The molecule has 0 bridgehead atoms. The number of benzene rings is 1. The van der Waals surface area contributed by atoms with E-state index in [1.165, 1.54) is 12.1 Å². The van der Waals surface area contributed by atoms with Gasteiger partial charge >= 0.3 is 6.09 Å². The SMILES string of the molecule is C[C@H]1c2cccc(O)c2C(=O)C2C(=O)[C@]3(O)C(=O)C(C(N)=O)C(=O)C[C@@H]3[C@@H](OC(N)=O)[C@@H]21. The number of nitrogens with two attached hydrogens (primary N) is 2. The summed E-state index contributed by atoms with van der Waals surface area (Å²) in [6, 6.07) is 4.30. The maximum atomic E-state index is 13.5. The first-order valence-electron chi connectivity index (χ1n) is 9.88. The number of carbonyl (C=O) groups excluding carboxylic acids is 6. The van der Waals surface area contributed by atoms with Gasteiger partial charge in [0.2, 0.25) is 5.91 Å². The van der Waals surface area contributed by atoms with Crippen molar-refractivity contribution in [3.05, 3.63) is 29.3 Å². The van der Waals surface area contributed by atoms with Gasteiger partial charge in [-0.05, 0) is 17.5 Å². The fraction of sp³-hybridized carbons (Fsp3) is 0.429. The third-order valence-electron chi connectivity index (χ3n) is 6.94. The van der Waals surface area contributed by atoms with E-state index in [1.807, 2.05) is 0 Å². The van der Waals surface area contributed by atoms with E-state index in [1.54, 1.807) is 13.0 Å². The summed E-state index contributed by atoms with van der Waals surface area (Å²) in [5.74, 6) is -13.3. The number of rotatable bonds is 2. The van der Waals surface area contributed by atoms with Gasteiger partial charge in [-0.1, -0.05) is 19.1 Å². The molecule has 1 aromatic carbocycles. The van der Waals surface area contributed by atoms with Crippen molar-refractivity contribution in [3.8, 4) is 5.75 Å². The topological polar surface area (TPSA) is 204 Å². The number of primary amides is 2. The third-order valence-corrected chi connectivity index (χ3v) is 6.94. The lowest BCUT2D eigenvalue weighted by molar-refractivity contribution is -0.189.